The Hall–Kier alpha value is -3.85. The fourth-order valence-electron chi connectivity index (χ4n) is 4.03. The molecule has 0 bridgehead atoms. The number of sulfonamides is 1. The molecule has 0 saturated heterocycles. The molecule has 3 aromatic carbocycles. The Morgan fingerprint density at radius 3 is 2.26 bits per heavy atom. The third-order valence-corrected chi connectivity index (χ3v) is 7.94. The van der Waals surface area contributed by atoms with Gasteiger partial charge in [0, 0.05) is 20.0 Å². The number of nitrogens with zero attached hydrogens (tertiary/aromatic N) is 2. The highest BCUT2D eigenvalue weighted by Gasteiger charge is 2.33. The average Bonchev–Trinajstić information content (AvgIpc) is 2.86. The molecule has 1 aliphatic rings. The lowest BCUT2D eigenvalue weighted by molar-refractivity contribution is -0.142. The molecule has 3 aromatic rings. The Labute approximate surface area is 205 Å². The standard InChI is InChI=1S/C26H27N3O5S/c1-18-7-13-23(14-8-18)35(32,33)28(2)21-9-11-22(12-10-21)34-17-25(30)29-16-20-6-4-3-5-19(20)15-24(29)26(27)31/h3-14,24H,15-17H2,1-2H3,(H2,27,31)/t24-/m1/s1. The first-order valence-corrected chi connectivity index (χ1v) is 12.5. The third-order valence-electron chi connectivity index (χ3n) is 6.14. The van der Waals surface area contributed by atoms with Gasteiger partial charge in [0.05, 0.1) is 10.6 Å². The first-order valence-electron chi connectivity index (χ1n) is 11.1. The van der Waals surface area contributed by atoms with Gasteiger partial charge in [-0.1, -0.05) is 42.0 Å². The Bertz CT molecular complexity index is 1340. The summed E-state index contributed by atoms with van der Waals surface area (Å²) < 4.78 is 32.6. The number of primary amides is 1. The van der Waals surface area contributed by atoms with Crippen LogP contribution in [0.5, 0.6) is 5.75 Å². The molecule has 2 amide bonds. The number of nitrogens with two attached hydrogens (primary N) is 1. The molecule has 4 rings (SSSR count). The van der Waals surface area contributed by atoms with E-state index in [-0.39, 0.29) is 24.0 Å². The minimum atomic E-state index is -3.71. The third kappa shape index (κ3) is 5.14. The largest absolute Gasteiger partial charge is 0.484 e. The van der Waals surface area contributed by atoms with Gasteiger partial charge in [-0.05, 0) is 54.4 Å². The summed E-state index contributed by atoms with van der Waals surface area (Å²) in [4.78, 5) is 26.5. The smallest absolute Gasteiger partial charge is 0.264 e. The maximum absolute atomic E-state index is 12.9. The predicted molar refractivity (Wildman–Crippen MR) is 132 cm³/mol. The van der Waals surface area contributed by atoms with Crippen LogP contribution >= 0.6 is 0 Å². The van der Waals surface area contributed by atoms with Crippen LogP contribution in [0.3, 0.4) is 0 Å². The first kappa shape index (κ1) is 24.3. The van der Waals surface area contributed by atoms with Gasteiger partial charge in [0.15, 0.2) is 6.61 Å². The van der Waals surface area contributed by atoms with Crippen LogP contribution < -0.4 is 14.8 Å². The zero-order valence-corrected chi connectivity index (χ0v) is 20.4. The van der Waals surface area contributed by atoms with E-state index < -0.39 is 22.0 Å². The molecular weight excluding hydrogens is 466 g/mol. The lowest BCUT2D eigenvalue weighted by Crippen LogP contribution is -2.52. The van der Waals surface area contributed by atoms with E-state index in [2.05, 4.69) is 0 Å². The molecule has 0 unspecified atom stereocenters. The van der Waals surface area contributed by atoms with Crippen molar-refractivity contribution in [1.29, 1.82) is 0 Å². The minimum absolute atomic E-state index is 0.198. The van der Waals surface area contributed by atoms with Crippen LogP contribution in [0.25, 0.3) is 0 Å². The van der Waals surface area contributed by atoms with Crippen LogP contribution in [0.4, 0.5) is 5.69 Å². The van der Waals surface area contributed by atoms with Gasteiger partial charge < -0.3 is 15.4 Å². The van der Waals surface area contributed by atoms with Gasteiger partial charge in [-0.15, -0.1) is 0 Å². The highest BCUT2D eigenvalue weighted by Crippen LogP contribution is 2.26. The van der Waals surface area contributed by atoms with Gasteiger partial charge in [-0.2, -0.15) is 0 Å². The topological polar surface area (TPSA) is 110 Å². The van der Waals surface area contributed by atoms with Gasteiger partial charge in [0.1, 0.15) is 11.8 Å². The van der Waals surface area contributed by atoms with Crippen molar-refractivity contribution in [3.05, 3.63) is 89.5 Å². The lowest BCUT2D eigenvalue weighted by Gasteiger charge is -2.35. The zero-order valence-electron chi connectivity index (χ0n) is 19.5. The summed E-state index contributed by atoms with van der Waals surface area (Å²) in [6.07, 6.45) is 0.369. The fourth-order valence-corrected chi connectivity index (χ4v) is 5.22. The van der Waals surface area contributed by atoms with Gasteiger partial charge in [-0.3, -0.25) is 13.9 Å². The molecule has 0 aliphatic carbocycles. The molecule has 35 heavy (non-hydrogen) atoms. The minimum Gasteiger partial charge on any atom is -0.484 e. The Balaban J connectivity index is 1.42. The molecule has 2 N–H and O–H groups in total. The number of amides is 2. The lowest BCUT2D eigenvalue weighted by atomic mass is 9.93. The summed E-state index contributed by atoms with van der Waals surface area (Å²) in [6.45, 7) is 1.90. The molecule has 1 atom stereocenters. The molecule has 0 spiro atoms. The number of ether oxygens (including phenoxy) is 1. The Morgan fingerprint density at radius 1 is 1.00 bits per heavy atom. The maximum atomic E-state index is 12.9. The summed E-state index contributed by atoms with van der Waals surface area (Å²) in [6, 6.07) is 20.0. The van der Waals surface area contributed by atoms with Gasteiger partial charge >= 0.3 is 0 Å². The van der Waals surface area contributed by atoms with E-state index in [0.29, 0.717) is 17.9 Å². The van der Waals surface area contributed by atoms with Crippen LogP contribution in [0, 0.1) is 6.92 Å². The van der Waals surface area contributed by atoms with Crippen LogP contribution in [-0.2, 0) is 32.6 Å². The summed E-state index contributed by atoms with van der Waals surface area (Å²) in [5.74, 6) is -0.516. The van der Waals surface area contributed by atoms with Gasteiger partial charge in [0.25, 0.3) is 15.9 Å². The molecule has 182 valence electrons. The predicted octanol–water partition coefficient (Wildman–Crippen LogP) is 2.64. The van der Waals surface area contributed by atoms with Crippen molar-refractivity contribution in [3.63, 3.8) is 0 Å². The highest BCUT2D eigenvalue weighted by molar-refractivity contribution is 7.92. The van der Waals surface area contributed by atoms with Crippen molar-refractivity contribution in [2.75, 3.05) is 18.0 Å². The second-order valence-electron chi connectivity index (χ2n) is 8.48. The molecule has 0 saturated carbocycles. The van der Waals surface area contributed by atoms with Crippen LogP contribution in [0.15, 0.2) is 77.7 Å². The second kappa shape index (κ2) is 9.79. The molecule has 1 aliphatic heterocycles. The Kier molecular flexibility index (Phi) is 6.79. The summed E-state index contributed by atoms with van der Waals surface area (Å²) in [5, 5.41) is 0. The SMILES string of the molecule is Cc1ccc(S(=O)(=O)N(C)c2ccc(OCC(=O)N3Cc4ccccc4C[C@@H]3C(N)=O)cc2)cc1. The number of carbonyl (C=O) groups excluding carboxylic acids is 2. The molecule has 8 nitrogen and oxygen atoms in total. The van der Waals surface area contributed by atoms with E-state index in [4.69, 9.17) is 10.5 Å². The second-order valence-corrected chi connectivity index (χ2v) is 10.5. The summed E-state index contributed by atoms with van der Waals surface area (Å²) in [7, 11) is -2.23. The fraction of sp³-hybridized carbons (Fsp3) is 0.231. The summed E-state index contributed by atoms with van der Waals surface area (Å²) >= 11 is 0. The average molecular weight is 494 g/mol. The van der Waals surface area contributed by atoms with E-state index in [1.807, 2.05) is 31.2 Å². The zero-order chi connectivity index (χ0) is 25.2. The normalized spacial score (nSPS) is 15.3. The van der Waals surface area contributed by atoms with Crippen LogP contribution in [0.1, 0.15) is 16.7 Å². The molecule has 0 fully saturated rings. The van der Waals surface area contributed by atoms with Gasteiger partial charge in [0.2, 0.25) is 5.91 Å². The molecule has 0 radical (unpaired) electrons. The molecule has 0 aromatic heterocycles. The number of fused-ring (bicyclic) bond motifs is 1. The number of rotatable bonds is 7. The summed E-state index contributed by atoms with van der Waals surface area (Å²) in [5.41, 5.74) is 8.96. The van der Waals surface area contributed by atoms with Crippen molar-refractivity contribution in [1.82, 2.24) is 4.90 Å². The van der Waals surface area contributed by atoms with Crippen molar-refractivity contribution in [3.8, 4) is 5.75 Å². The van der Waals surface area contributed by atoms with Crippen LogP contribution in [0.2, 0.25) is 0 Å². The van der Waals surface area contributed by atoms with E-state index in [9.17, 15) is 18.0 Å². The number of anilines is 1. The first-order chi connectivity index (χ1) is 16.7. The quantitative estimate of drug-likeness (QED) is 0.544. The molecular formula is C26H27N3O5S. The number of benzene rings is 3. The van der Waals surface area contributed by atoms with Gasteiger partial charge in [-0.25, -0.2) is 8.42 Å². The number of aryl methyl sites for hydroxylation is 1. The van der Waals surface area contributed by atoms with Crippen molar-refractivity contribution >= 4 is 27.5 Å². The van der Waals surface area contributed by atoms with Crippen molar-refractivity contribution < 1.29 is 22.7 Å². The highest BCUT2D eigenvalue weighted by atomic mass is 32.2. The number of carbonyl (C=O) groups is 2. The van der Waals surface area contributed by atoms with E-state index in [0.717, 1.165) is 16.7 Å². The maximum Gasteiger partial charge on any atom is 0.264 e. The Morgan fingerprint density at radius 2 is 1.63 bits per heavy atom. The van der Waals surface area contributed by atoms with E-state index in [1.165, 1.54) is 16.3 Å². The van der Waals surface area contributed by atoms with E-state index in [1.54, 1.807) is 48.5 Å². The van der Waals surface area contributed by atoms with E-state index >= 15 is 0 Å². The monoisotopic (exact) mass is 493 g/mol. The van der Waals surface area contributed by atoms with Crippen molar-refractivity contribution in [2.45, 2.75) is 30.8 Å². The van der Waals surface area contributed by atoms with Crippen molar-refractivity contribution in [2.24, 2.45) is 5.73 Å². The number of hydrogen-bond acceptors (Lipinski definition) is 5. The number of hydrogen-bond donors (Lipinski definition) is 1. The molecule has 1 heterocycles. The van der Waals surface area contributed by atoms with Crippen LogP contribution in [-0.4, -0.2) is 44.8 Å². The molecule has 9 heteroatoms.